The Morgan fingerprint density at radius 1 is 0.600 bits per heavy atom. The minimum atomic E-state index is -4.46. The van der Waals surface area contributed by atoms with Gasteiger partial charge in [-0.3, -0.25) is 27.8 Å². The Labute approximate surface area is 452 Å². The molecule has 30 heteroatoms. The molecule has 2 fully saturated rings. The molecule has 80 heavy (non-hydrogen) atoms. The van der Waals surface area contributed by atoms with Gasteiger partial charge in [0.25, 0.3) is 0 Å². The van der Waals surface area contributed by atoms with Crippen LogP contribution in [0.15, 0.2) is 155 Å². The van der Waals surface area contributed by atoms with Crippen molar-refractivity contribution in [2.24, 2.45) is 0 Å². The number of carbonyl (C=O) groups is 2. The van der Waals surface area contributed by atoms with Crippen LogP contribution in [0.25, 0.3) is 0 Å². The quantitative estimate of drug-likeness (QED) is 0.0286. The van der Waals surface area contributed by atoms with Gasteiger partial charge in [-0.25, -0.2) is 18.7 Å². The van der Waals surface area contributed by atoms with Crippen LogP contribution in [0.1, 0.15) is 37.4 Å². The highest BCUT2D eigenvalue weighted by Crippen LogP contribution is 2.50. The minimum absolute atomic E-state index is 0.0473. The standard InChI is InChI=1S/2C25H27F2N4O8P/c2*1-16(22(33)36-14-17-8-4-2-5-9-17)30-40(35,39-18-10-6-3-7-11-18)37-15-19-21(32)25(26,27)23(38-19)31-13-12-20(28)29-24(31)34/h2*2-13,16,19,21,23,32H,14-15H2,1H3,(H,30,35)(H2,28,29,34)/t16-,19+,21+,23+,40+;16-,19+,21+,23+,40-/m00/s1. The van der Waals surface area contributed by atoms with E-state index in [0.29, 0.717) is 9.13 Å². The number of hydrogen-bond donors (Lipinski definition) is 6. The number of alkyl halides is 4. The molecule has 2 aliphatic rings. The molecule has 8 rings (SSSR count). The van der Waals surface area contributed by atoms with Crippen LogP contribution in [0, 0.1) is 0 Å². The summed E-state index contributed by atoms with van der Waals surface area (Å²) in [4.78, 5) is 56.1. The predicted octanol–water partition coefficient (Wildman–Crippen LogP) is 5.29. The SMILES string of the molecule is C[C@H](N[P@@](=O)(OC[C@H]1O[C@@H](n2ccc(N)nc2=O)C(F)(F)[C@@H]1O)Oc1ccccc1)C(=O)OCc1ccccc1.C[C@H](N[P@](=O)(OC[C@H]1O[C@@H](n2ccc(N)nc2=O)C(F)(F)[C@@H]1O)Oc1ccccc1)C(=O)OCc1ccccc1. The molecule has 2 saturated heterocycles. The lowest BCUT2D eigenvalue weighted by atomic mass is 10.1. The molecule has 0 saturated carbocycles. The molecular weight excluding hydrogens is 1110 g/mol. The van der Waals surface area contributed by atoms with E-state index in [1.807, 2.05) is 0 Å². The maximum atomic E-state index is 14.9. The third-order valence-electron chi connectivity index (χ3n) is 11.6. The number of nitrogens with zero attached hydrogens (tertiary/aromatic N) is 4. The normalized spacial score (nSPS) is 22.2. The molecule has 2 aromatic heterocycles. The largest absolute Gasteiger partial charge is 0.460 e. The van der Waals surface area contributed by atoms with Gasteiger partial charge in [-0.2, -0.15) is 37.7 Å². The van der Waals surface area contributed by atoms with Gasteiger partial charge in [0.05, 0.1) is 13.2 Å². The highest BCUT2D eigenvalue weighted by molar-refractivity contribution is 7.52. The smallest absolute Gasteiger partial charge is 0.459 e. The summed E-state index contributed by atoms with van der Waals surface area (Å²) in [5.41, 5.74) is 10.0. The fourth-order valence-electron chi connectivity index (χ4n) is 7.47. The van der Waals surface area contributed by atoms with Gasteiger partial charge in [-0.15, -0.1) is 0 Å². The number of benzene rings is 4. The molecule has 0 radical (unpaired) electrons. The highest BCUT2D eigenvalue weighted by Gasteiger charge is 2.61. The van der Waals surface area contributed by atoms with E-state index >= 15 is 0 Å². The highest BCUT2D eigenvalue weighted by atomic mass is 31.2. The number of ether oxygens (including phenoxy) is 4. The van der Waals surface area contributed by atoms with Gasteiger partial charge >= 0.3 is 50.7 Å². The van der Waals surface area contributed by atoms with Crippen molar-refractivity contribution in [1.29, 1.82) is 0 Å². The average molecular weight is 1160 g/mol. The third-order valence-corrected chi connectivity index (χ3v) is 14.9. The number of esters is 2. The molecular formula is C50H54F4N8O16P2. The van der Waals surface area contributed by atoms with E-state index in [-0.39, 0.29) is 36.3 Å². The van der Waals surface area contributed by atoms with E-state index in [9.17, 15) is 56.1 Å². The van der Waals surface area contributed by atoms with Crippen LogP contribution in [-0.2, 0) is 59.9 Å². The second-order valence-electron chi connectivity index (χ2n) is 17.7. The van der Waals surface area contributed by atoms with Gasteiger partial charge in [0.2, 0.25) is 12.5 Å². The molecule has 24 nitrogen and oxygen atoms in total. The second kappa shape index (κ2) is 26.3. The summed E-state index contributed by atoms with van der Waals surface area (Å²) in [6, 6.07) is 33.0. The zero-order valence-electron chi connectivity index (χ0n) is 42.3. The Morgan fingerprint density at radius 3 is 1.25 bits per heavy atom. The third kappa shape index (κ3) is 15.5. The Balaban J connectivity index is 0.000000231. The van der Waals surface area contributed by atoms with Crippen molar-refractivity contribution in [1.82, 2.24) is 29.3 Å². The first-order valence-corrected chi connectivity index (χ1v) is 27.1. The summed E-state index contributed by atoms with van der Waals surface area (Å²) in [5.74, 6) is -9.71. The van der Waals surface area contributed by atoms with Crippen LogP contribution in [0.2, 0.25) is 0 Å². The van der Waals surface area contributed by atoms with Crippen molar-refractivity contribution in [3.63, 3.8) is 0 Å². The van der Waals surface area contributed by atoms with Gasteiger partial charge in [0.1, 0.15) is 60.6 Å². The van der Waals surface area contributed by atoms with Gasteiger partial charge in [0, 0.05) is 12.4 Å². The Kier molecular flexibility index (Phi) is 19.8. The van der Waals surface area contributed by atoms with Crippen LogP contribution in [0.4, 0.5) is 29.2 Å². The predicted molar refractivity (Wildman–Crippen MR) is 274 cm³/mol. The lowest BCUT2D eigenvalue weighted by molar-refractivity contribution is -0.147. The van der Waals surface area contributed by atoms with Crippen molar-refractivity contribution in [2.75, 3.05) is 24.7 Å². The number of nitrogens with one attached hydrogen (secondary N) is 2. The zero-order chi connectivity index (χ0) is 57.8. The Morgan fingerprint density at radius 2 is 0.925 bits per heavy atom. The molecule has 0 aliphatic carbocycles. The van der Waals surface area contributed by atoms with Crippen LogP contribution in [0.3, 0.4) is 0 Å². The van der Waals surface area contributed by atoms with E-state index in [0.717, 1.165) is 35.7 Å². The molecule has 4 aromatic carbocycles. The van der Waals surface area contributed by atoms with Crippen LogP contribution < -0.4 is 42.1 Å². The van der Waals surface area contributed by atoms with Crippen LogP contribution in [0.5, 0.6) is 11.5 Å². The Bertz CT molecular complexity index is 3040. The second-order valence-corrected chi connectivity index (χ2v) is 21.0. The number of aliphatic hydroxyl groups is 2. The number of aliphatic hydroxyl groups excluding tert-OH is 2. The topological polar surface area (TPSA) is 328 Å². The number of para-hydroxylation sites is 2. The number of nitrogens with two attached hydrogens (primary N) is 2. The van der Waals surface area contributed by atoms with Crippen molar-refractivity contribution in [3.8, 4) is 11.5 Å². The number of nitrogen functional groups attached to an aromatic ring is 2. The molecule has 428 valence electrons. The van der Waals surface area contributed by atoms with Gasteiger partial charge in [-0.1, -0.05) is 97.1 Å². The molecule has 10 atom stereocenters. The van der Waals surface area contributed by atoms with E-state index < -0.39 is 113 Å². The number of hydrogen-bond acceptors (Lipinski definition) is 20. The molecule has 0 unspecified atom stereocenters. The van der Waals surface area contributed by atoms with E-state index in [4.69, 9.17) is 48.5 Å². The molecule has 8 N–H and O–H groups in total. The number of carbonyl (C=O) groups excluding carboxylic acids is 2. The first-order chi connectivity index (χ1) is 38.0. The van der Waals surface area contributed by atoms with Crippen molar-refractivity contribution < 1.29 is 83.5 Å². The van der Waals surface area contributed by atoms with E-state index in [2.05, 4.69) is 20.1 Å². The van der Waals surface area contributed by atoms with E-state index in [1.165, 1.54) is 38.1 Å². The summed E-state index contributed by atoms with van der Waals surface area (Å²) in [6.07, 6.45) is -11.0. The van der Waals surface area contributed by atoms with Crippen LogP contribution >= 0.6 is 15.5 Å². The van der Waals surface area contributed by atoms with Gasteiger partial charge in [-0.05, 0) is 61.4 Å². The summed E-state index contributed by atoms with van der Waals surface area (Å²) < 4.78 is 131. The van der Waals surface area contributed by atoms with Crippen molar-refractivity contribution in [3.05, 3.63) is 178 Å². The number of aromatic nitrogens is 4. The summed E-state index contributed by atoms with van der Waals surface area (Å²) in [6.45, 7) is 0.871. The molecule has 6 aromatic rings. The fourth-order valence-corrected chi connectivity index (χ4v) is 10.5. The number of anilines is 2. The maximum Gasteiger partial charge on any atom is 0.459 e. The minimum Gasteiger partial charge on any atom is -0.460 e. The first kappa shape index (κ1) is 60.3. The molecule has 2 aliphatic heterocycles. The van der Waals surface area contributed by atoms with Crippen LogP contribution in [-0.4, -0.2) is 103 Å². The monoisotopic (exact) mass is 1160 g/mol. The molecule has 0 bridgehead atoms. The Hall–Kier alpha value is -7.36. The van der Waals surface area contributed by atoms with Gasteiger partial charge in [0.15, 0.2) is 12.2 Å². The number of rotatable bonds is 22. The van der Waals surface area contributed by atoms with Crippen molar-refractivity contribution in [2.45, 2.75) is 87.9 Å². The summed E-state index contributed by atoms with van der Waals surface area (Å²) >= 11 is 0. The molecule has 0 spiro atoms. The average Bonchev–Trinajstić information content (AvgIpc) is 3.99. The summed E-state index contributed by atoms with van der Waals surface area (Å²) in [7, 11) is -8.92. The molecule has 0 amide bonds. The number of halogens is 4. The van der Waals surface area contributed by atoms with Crippen molar-refractivity contribution >= 4 is 39.1 Å². The first-order valence-electron chi connectivity index (χ1n) is 24.0. The lowest BCUT2D eigenvalue weighted by Crippen LogP contribution is -2.42. The molecule has 4 heterocycles. The zero-order valence-corrected chi connectivity index (χ0v) is 44.1. The van der Waals surface area contributed by atoms with Gasteiger partial charge < -0.3 is 49.7 Å². The maximum absolute atomic E-state index is 14.9. The summed E-state index contributed by atoms with van der Waals surface area (Å²) in [5, 5.41) is 25.4. The van der Waals surface area contributed by atoms with E-state index in [1.54, 1.807) is 97.1 Å². The fraction of sp³-hybridized carbons (Fsp3) is 0.320. The lowest BCUT2D eigenvalue weighted by Gasteiger charge is -2.24.